The van der Waals surface area contributed by atoms with Gasteiger partial charge in [-0.2, -0.15) is 0 Å². The highest BCUT2D eigenvalue weighted by Gasteiger charge is 2.23. The number of hydrogen-bond donors (Lipinski definition) is 0. The molecule has 5 heteroatoms. The summed E-state index contributed by atoms with van der Waals surface area (Å²) in [6, 6.07) is 6.15. The van der Waals surface area contributed by atoms with Crippen LogP contribution in [-0.4, -0.2) is 69.5 Å². The molecule has 1 saturated heterocycles. The molecule has 2 aliphatic heterocycles. The Morgan fingerprint density at radius 3 is 2.90 bits per heavy atom. The first-order valence-corrected chi connectivity index (χ1v) is 7.58. The minimum absolute atomic E-state index is 0.283. The van der Waals surface area contributed by atoms with Gasteiger partial charge >= 0.3 is 0 Å². The van der Waals surface area contributed by atoms with Crippen LogP contribution in [0.5, 0.6) is 11.5 Å². The molecular formula is C16H24N2O3. The Morgan fingerprint density at radius 2 is 2.05 bits per heavy atom. The van der Waals surface area contributed by atoms with Crippen LogP contribution in [0.3, 0.4) is 0 Å². The van der Waals surface area contributed by atoms with Gasteiger partial charge in [-0.05, 0) is 20.2 Å². The van der Waals surface area contributed by atoms with E-state index in [9.17, 15) is 0 Å². The molecule has 0 N–H and O–H groups in total. The largest absolute Gasteiger partial charge is 0.486 e. The first-order valence-electron chi connectivity index (χ1n) is 7.58. The minimum Gasteiger partial charge on any atom is -0.486 e. The maximum absolute atomic E-state index is 5.83. The van der Waals surface area contributed by atoms with Crippen LogP contribution in [0, 0.1) is 0 Å². The molecule has 0 unspecified atom stereocenters. The number of nitrogens with zero attached hydrogens (tertiary/aromatic N) is 2. The predicted molar refractivity (Wildman–Crippen MR) is 81.0 cm³/mol. The number of para-hydroxylation sites is 1. The minimum atomic E-state index is 0.283. The molecule has 0 radical (unpaired) electrons. The van der Waals surface area contributed by atoms with Crippen LogP contribution in [0.2, 0.25) is 0 Å². The molecule has 0 bridgehead atoms. The van der Waals surface area contributed by atoms with Gasteiger partial charge in [0.2, 0.25) is 0 Å². The van der Waals surface area contributed by atoms with Gasteiger partial charge in [-0.25, -0.2) is 0 Å². The van der Waals surface area contributed by atoms with Crippen molar-refractivity contribution in [1.29, 1.82) is 0 Å². The number of morpholine rings is 1. The molecule has 1 aromatic carbocycles. The van der Waals surface area contributed by atoms with E-state index in [0.717, 1.165) is 44.3 Å². The number of ether oxygens (including phenoxy) is 3. The zero-order valence-electron chi connectivity index (χ0n) is 12.9. The van der Waals surface area contributed by atoms with Crippen molar-refractivity contribution in [2.45, 2.75) is 12.6 Å². The Labute approximate surface area is 126 Å². The van der Waals surface area contributed by atoms with Crippen molar-refractivity contribution in [3.63, 3.8) is 0 Å². The lowest BCUT2D eigenvalue weighted by molar-refractivity contribution is -0.0409. The Morgan fingerprint density at radius 1 is 1.19 bits per heavy atom. The number of fused-ring (bicyclic) bond motifs is 1. The van der Waals surface area contributed by atoms with Crippen LogP contribution in [0.4, 0.5) is 0 Å². The molecule has 0 aromatic heterocycles. The molecule has 3 rings (SSSR count). The zero-order chi connectivity index (χ0) is 14.7. The average Bonchev–Trinajstić information content (AvgIpc) is 2.47. The lowest BCUT2D eigenvalue weighted by atomic mass is 10.1. The van der Waals surface area contributed by atoms with Gasteiger partial charge in [0.1, 0.15) is 13.2 Å². The Kier molecular flexibility index (Phi) is 4.63. The van der Waals surface area contributed by atoms with Gasteiger partial charge in [-0.3, -0.25) is 4.90 Å². The lowest BCUT2D eigenvalue weighted by Gasteiger charge is -2.34. The summed E-state index contributed by atoms with van der Waals surface area (Å²) in [6.07, 6.45) is 0.283. The summed E-state index contributed by atoms with van der Waals surface area (Å²) in [4.78, 5) is 4.61. The zero-order valence-corrected chi connectivity index (χ0v) is 12.9. The summed E-state index contributed by atoms with van der Waals surface area (Å²) in [5.74, 6) is 1.79. The van der Waals surface area contributed by atoms with E-state index < -0.39 is 0 Å². The van der Waals surface area contributed by atoms with E-state index in [1.54, 1.807) is 0 Å². The summed E-state index contributed by atoms with van der Waals surface area (Å²) in [6.45, 7) is 5.85. The summed E-state index contributed by atoms with van der Waals surface area (Å²) in [5, 5.41) is 0. The fourth-order valence-electron chi connectivity index (χ4n) is 2.94. The smallest absolute Gasteiger partial charge is 0.165 e. The molecule has 0 saturated carbocycles. The predicted octanol–water partition coefficient (Wildman–Crippen LogP) is 1.22. The third-order valence-corrected chi connectivity index (χ3v) is 3.83. The molecule has 21 heavy (non-hydrogen) atoms. The quantitative estimate of drug-likeness (QED) is 0.833. The summed E-state index contributed by atoms with van der Waals surface area (Å²) in [7, 11) is 4.17. The van der Waals surface area contributed by atoms with E-state index >= 15 is 0 Å². The second kappa shape index (κ2) is 6.64. The third-order valence-electron chi connectivity index (χ3n) is 3.83. The average molecular weight is 292 g/mol. The van der Waals surface area contributed by atoms with Crippen molar-refractivity contribution in [2.24, 2.45) is 0 Å². The van der Waals surface area contributed by atoms with E-state index in [0.29, 0.717) is 13.2 Å². The van der Waals surface area contributed by atoms with E-state index in [1.165, 1.54) is 5.56 Å². The van der Waals surface area contributed by atoms with Crippen molar-refractivity contribution in [3.05, 3.63) is 23.8 Å². The Hall–Kier alpha value is -1.30. The summed E-state index contributed by atoms with van der Waals surface area (Å²) in [5.41, 5.74) is 1.21. The van der Waals surface area contributed by atoms with Gasteiger partial charge in [0.25, 0.3) is 0 Å². The van der Waals surface area contributed by atoms with E-state index in [4.69, 9.17) is 14.2 Å². The summed E-state index contributed by atoms with van der Waals surface area (Å²) < 4.78 is 17.3. The van der Waals surface area contributed by atoms with Crippen LogP contribution in [0.15, 0.2) is 18.2 Å². The van der Waals surface area contributed by atoms with Crippen molar-refractivity contribution in [2.75, 3.05) is 53.6 Å². The standard InChI is InChI=1S/C16H24N2O3/c1-17(2)11-14-12-18(6-7-19-14)10-13-4-3-5-15-16(13)21-9-8-20-15/h3-5,14H,6-12H2,1-2H3/t14-/m0/s1. The number of hydrogen-bond acceptors (Lipinski definition) is 5. The van der Waals surface area contributed by atoms with Gasteiger partial charge < -0.3 is 19.1 Å². The van der Waals surface area contributed by atoms with Crippen molar-refractivity contribution >= 4 is 0 Å². The lowest BCUT2D eigenvalue weighted by Crippen LogP contribution is -2.46. The van der Waals surface area contributed by atoms with E-state index in [1.807, 2.05) is 12.1 Å². The summed E-state index contributed by atoms with van der Waals surface area (Å²) >= 11 is 0. The van der Waals surface area contributed by atoms with Crippen molar-refractivity contribution in [3.8, 4) is 11.5 Å². The molecule has 1 fully saturated rings. The Bertz CT molecular complexity index is 479. The van der Waals surface area contributed by atoms with Crippen LogP contribution in [0.1, 0.15) is 5.56 Å². The highest BCUT2D eigenvalue weighted by atomic mass is 16.6. The molecule has 0 aliphatic carbocycles. The second-order valence-electron chi connectivity index (χ2n) is 5.93. The Balaban J connectivity index is 1.66. The normalized spacial score (nSPS) is 22.5. The molecule has 1 atom stereocenters. The first-order chi connectivity index (χ1) is 10.2. The van der Waals surface area contributed by atoms with Gasteiger partial charge in [0, 0.05) is 31.7 Å². The number of rotatable bonds is 4. The van der Waals surface area contributed by atoms with Crippen LogP contribution >= 0.6 is 0 Å². The molecular weight excluding hydrogens is 268 g/mol. The third kappa shape index (κ3) is 3.67. The second-order valence-corrected chi connectivity index (χ2v) is 5.93. The maximum Gasteiger partial charge on any atom is 0.165 e. The maximum atomic E-state index is 5.83. The van der Waals surface area contributed by atoms with Crippen LogP contribution in [-0.2, 0) is 11.3 Å². The molecule has 2 aliphatic rings. The number of benzene rings is 1. The van der Waals surface area contributed by atoms with E-state index in [2.05, 4.69) is 30.0 Å². The van der Waals surface area contributed by atoms with E-state index in [-0.39, 0.29) is 6.10 Å². The van der Waals surface area contributed by atoms with Gasteiger partial charge in [-0.1, -0.05) is 12.1 Å². The molecule has 5 nitrogen and oxygen atoms in total. The molecule has 0 spiro atoms. The SMILES string of the molecule is CN(C)C[C@H]1CN(Cc2cccc3c2OCCO3)CCO1. The highest BCUT2D eigenvalue weighted by molar-refractivity contribution is 5.47. The molecule has 0 amide bonds. The monoisotopic (exact) mass is 292 g/mol. The topological polar surface area (TPSA) is 34.2 Å². The fourth-order valence-corrected chi connectivity index (χ4v) is 2.94. The fraction of sp³-hybridized carbons (Fsp3) is 0.625. The van der Waals surface area contributed by atoms with Crippen LogP contribution in [0.25, 0.3) is 0 Å². The molecule has 1 aromatic rings. The van der Waals surface area contributed by atoms with Gasteiger partial charge in [-0.15, -0.1) is 0 Å². The van der Waals surface area contributed by atoms with Crippen LogP contribution < -0.4 is 9.47 Å². The van der Waals surface area contributed by atoms with Gasteiger partial charge in [0.05, 0.1) is 12.7 Å². The molecule has 116 valence electrons. The molecule has 2 heterocycles. The van der Waals surface area contributed by atoms with Crippen molar-refractivity contribution < 1.29 is 14.2 Å². The van der Waals surface area contributed by atoms with Gasteiger partial charge in [0.15, 0.2) is 11.5 Å². The first kappa shape index (κ1) is 14.6. The highest BCUT2D eigenvalue weighted by Crippen LogP contribution is 2.34. The number of likely N-dealkylation sites (N-methyl/N-ethyl adjacent to an activating group) is 1. The van der Waals surface area contributed by atoms with Crippen molar-refractivity contribution in [1.82, 2.24) is 9.80 Å².